The minimum atomic E-state index is -1.04. The molecule has 0 heterocycles. The van der Waals surface area contributed by atoms with Crippen LogP contribution in [0.25, 0.3) is 0 Å². The number of carbonyl (C=O) groups is 2. The predicted octanol–water partition coefficient (Wildman–Crippen LogP) is 6.10. The van der Waals surface area contributed by atoms with E-state index < -0.39 is 11.9 Å². The standard InChI is InChI=1S/C22H34O4/c1-4-7-9-10-15-20(17(6-3)12-8-5-2)26-22(25)19-14-11-13-18(16-19)21(23)24/h11,13-14,16-17,20H,4-10,12,15H2,1-3H3,(H,23,24). The average molecular weight is 363 g/mol. The van der Waals surface area contributed by atoms with Gasteiger partial charge in [-0.3, -0.25) is 0 Å². The van der Waals surface area contributed by atoms with E-state index in [4.69, 9.17) is 9.84 Å². The summed E-state index contributed by atoms with van der Waals surface area (Å²) in [6, 6.07) is 6.09. The van der Waals surface area contributed by atoms with Crippen molar-refractivity contribution in [2.45, 2.75) is 84.7 Å². The molecular weight excluding hydrogens is 328 g/mol. The molecule has 1 aromatic rings. The van der Waals surface area contributed by atoms with E-state index in [0.717, 1.165) is 44.9 Å². The monoisotopic (exact) mass is 362 g/mol. The first kappa shape index (κ1) is 22.2. The van der Waals surface area contributed by atoms with Crippen molar-refractivity contribution >= 4 is 11.9 Å². The SMILES string of the molecule is CCCCCCC(OC(=O)c1cccc(C(=O)O)c1)C(CC)CCCC. The van der Waals surface area contributed by atoms with Crippen molar-refractivity contribution in [1.29, 1.82) is 0 Å². The molecular formula is C22H34O4. The molecule has 0 aliphatic rings. The maximum Gasteiger partial charge on any atom is 0.338 e. The Morgan fingerprint density at radius 1 is 0.962 bits per heavy atom. The summed E-state index contributed by atoms with van der Waals surface area (Å²) in [5, 5.41) is 9.11. The second-order valence-electron chi connectivity index (χ2n) is 6.99. The number of unbranched alkanes of at least 4 members (excludes halogenated alkanes) is 4. The molecule has 0 bridgehead atoms. The normalized spacial score (nSPS) is 13.2. The van der Waals surface area contributed by atoms with Crippen LogP contribution in [0, 0.1) is 5.92 Å². The van der Waals surface area contributed by atoms with E-state index in [9.17, 15) is 9.59 Å². The molecule has 0 aliphatic carbocycles. The highest BCUT2D eigenvalue weighted by atomic mass is 16.5. The summed E-state index contributed by atoms with van der Waals surface area (Å²) in [6.07, 6.45) is 9.70. The Labute approximate surface area is 158 Å². The van der Waals surface area contributed by atoms with Gasteiger partial charge in [-0.2, -0.15) is 0 Å². The van der Waals surface area contributed by atoms with Gasteiger partial charge in [0.15, 0.2) is 0 Å². The van der Waals surface area contributed by atoms with E-state index in [1.807, 2.05) is 0 Å². The zero-order chi connectivity index (χ0) is 19.4. The molecule has 1 N–H and O–H groups in total. The Morgan fingerprint density at radius 3 is 2.27 bits per heavy atom. The molecule has 26 heavy (non-hydrogen) atoms. The van der Waals surface area contributed by atoms with Gasteiger partial charge in [-0.1, -0.05) is 58.9 Å². The second kappa shape index (κ2) is 12.5. The topological polar surface area (TPSA) is 63.6 Å². The van der Waals surface area contributed by atoms with Gasteiger partial charge in [-0.15, -0.1) is 0 Å². The number of ether oxygens (including phenoxy) is 1. The van der Waals surface area contributed by atoms with E-state index in [0.29, 0.717) is 11.5 Å². The van der Waals surface area contributed by atoms with Gasteiger partial charge in [0.05, 0.1) is 11.1 Å². The first-order chi connectivity index (χ1) is 12.5. The molecule has 1 aromatic carbocycles. The molecule has 0 aliphatic heterocycles. The van der Waals surface area contributed by atoms with Crippen LogP contribution in [0.4, 0.5) is 0 Å². The molecule has 0 aromatic heterocycles. The van der Waals surface area contributed by atoms with E-state index in [1.165, 1.54) is 25.0 Å². The van der Waals surface area contributed by atoms with Crippen LogP contribution in [0.3, 0.4) is 0 Å². The van der Waals surface area contributed by atoms with Gasteiger partial charge in [0, 0.05) is 0 Å². The maximum absolute atomic E-state index is 12.6. The zero-order valence-corrected chi connectivity index (χ0v) is 16.5. The number of benzene rings is 1. The summed E-state index contributed by atoms with van der Waals surface area (Å²) in [7, 11) is 0. The third-order valence-electron chi connectivity index (χ3n) is 4.92. The summed E-state index contributed by atoms with van der Waals surface area (Å²) in [4.78, 5) is 23.7. The third-order valence-corrected chi connectivity index (χ3v) is 4.92. The Kier molecular flexibility index (Phi) is 10.7. The number of carboxylic acids is 1. The van der Waals surface area contributed by atoms with Crippen LogP contribution in [-0.4, -0.2) is 23.1 Å². The first-order valence-corrected chi connectivity index (χ1v) is 10.1. The van der Waals surface area contributed by atoms with Crippen molar-refractivity contribution in [2.24, 2.45) is 5.92 Å². The molecule has 4 nitrogen and oxygen atoms in total. The smallest absolute Gasteiger partial charge is 0.338 e. The lowest BCUT2D eigenvalue weighted by Crippen LogP contribution is -2.27. The first-order valence-electron chi connectivity index (χ1n) is 10.1. The summed E-state index contributed by atoms with van der Waals surface area (Å²) in [5.74, 6) is -1.09. The van der Waals surface area contributed by atoms with Crippen molar-refractivity contribution in [3.8, 4) is 0 Å². The van der Waals surface area contributed by atoms with Gasteiger partial charge < -0.3 is 9.84 Å². The number of carbonyl (C=O) groups excluding carboxylic acids is 1. The molecule has 0 saturated carbocycles. The van der Waals surface area contributed by atoms with Crippen molar-refractivity contribution < 1.29 is 19.4 Å². The number of hydrogen-bond acceptors (Lipinski definition) is 3. The number of carboxylic acid groups (broad SMARTS) is 1. The van der Waals surface area contributed by atoms with Gasteiger partial charge in [0.25, 0.3) is 0 Å². The summed E-state index contributed by atoms with van der Waals surface area (Å²) in [5.41, 5.74) is 0.422. The van der Waals surface area contributed by atoms with Crippen LogP contribution in [0.1, 0.15) is 99.3 Å². The van der Waals surface area contributed by atoms with Crippen molar-refractivity contribution in [1.82, 2.24) is 0 Å². The van der Waals surface area contributed by atoms with E-state index >= 15 is 0 Å². The summed E-state index contributed by atoms with van der Waals surface area (Å²) in [6.45, 7) is 6.51. The third kappa shape index (κ3) is 7.59. The Balaban J connectivity index is 2.82. The van der Waals surface area contributed by atoms with Crippen LogP contribution >= 0.6 is 0 Å². The molecule has 146 valence electrons. The zero-order valence-electron chi connectivity index (χ0n) is 16.5. The van der Waals surface area contributed by atoms with Crippen molar-refractivity contribution in [3.63, 3.8) is 0 Å². The quantitative estimate of drug-likeness (QED) is 0.340. The number of rotatable bonds is 13. The molecule has 0 saturated heterocycles. The second-order valence-corrected chi connectivity index (χ2v) is 6.99. The van der Waals surface area contributed by atoms with Crippen LogP contribution < -0.4 is 0 Å². The van der Waals surface area contributed by atoms with Gasteiger partial charge in [-0.05, 0) is 49.8 Å². The van der Waals surface area contributed by atoms with Gasteiger partial charge >= 0.3 is 11.9 Å². The highest BCUT2D eigenvalue weighted by Crippen LogP contribution is 2.25. The molecule has 1 rings (SSSR count). The lowest BCUT2D eigenvalue weighted by atomic mass is 9.90. The molecule has 0 fully saturated rings. The Morgan fingerprint density at radius 2 is 1.65 bits per heavy atom. The lowest BCUT2D eigenvalue weighted by molar-refractivity contribution is 0.00777. The Bertz CT molecular complexity index is 553. The van der Waals surface area contributed by atoms with E-state index in [2.05, 4.69) is 20.8 Å². The van der Waals surface area contributed by atoms with Crippen LogP contribution in [-0.2, 0) is 4.74 Å². The highest BCUT2D eigenvalue weighted by molar-refractivity contribution is 5.94. The molecule has 0 radical (unpaired) electrons. The maximum atomic E-state index is 12.6. The Hall–Kier alpha value is -1.84. The fourth-order valence-corrected chi connectivity index (χ4v) is 3.27. The predicted molar refractivity (Wildman–Crippen MR) is 105 cm³/mol. The fraction of sp³-hybridized carbons (Fsp3) is 0.636. The minimum absolute atomic E-state index is 0.0932. The van der Waals surface area contributed by atoms with Gasteiger partial charge in [0.2, 0.25) is 0 Å². The van der Waals surface area contributed by atoms with E-state index in [1.54, 1.807) is 12.1 Å². The lowest BCUT2D eigenvalue weighted by Gasteiger charge is -2.26. The molecule has 0 amide bonds. The largest absolute Gasteiger partial charge is 0.478 e. The average Bonchev–Trinajstić information content (AvgIpc) is 2.65. The number of aromatic carboxylic acids is 1. The van der Waals surface area contributed by atoms with Crippen LogP contribution in [0.5, 0.6) is 0 Å². The minimum Gasteiger partial charge on any atom is -0.478 e. The number of hydrogen-bond donors (Lipinski definition) is 1. The van der Waals surface area contributed by atoms with Gasteiger partial charge in [0.1, 0.15) is 6.10 Å². The highest BCUT2D eigenvalue weighted by Gasteiger charge is 2.24. The van der Waals surface area contributed by atoms with Crippen LogP contribution in [0.2, 0.25) is 0 Å². The summed E-state index contributed by atoms with van der Waals surface area (Å²) < 4.78 is 5.87. The van der Waals surface area contributed by atoms with Crippen LogP contribution in [0.15, 0.2) is 24.3 Å². The molecule has 2 atom stereocenters. The van der Waals surface area contributed by atoms with Crippen molar-refractivity contribution in [2.75, 3.05) is 0 Å². The fourth-order valence-electron chi connectivity index (χ4n) is 3.27. The van der Waals surface area contributed by atoms with Crippen molar-refractivity contribution in [3.05, 3.63) is 35.4 Å². The molecule has 4 heteroatoms. The number of esters is 1. The summed E-state index contributed by atoms with van der Waals surface area (Å²) >= 11 is 0. The van der Waals surface area contributed by atoms with E-state index in [-0.39, 0.29) is 11.7 Å². The molecule has 0 spiro atoms. The molecule has 2 unspecified atom stereocenters. The van der Waals surface area contributed by atoms with Gasteiger partial charge in [-0.25, -0.2) is 9.59 Å².